The molecule has 0 aliphatic heterocycles. The summed E-state index contributed by atoms with van der Waals surface area (Å²) in [6.07, 6.45) is -0.0784. The predicted octanol–water partition coefficient (Wildman–Crippen LogP) is 3.67. The molecule has 0 aromatic heterocycles. The van der Waals surface area contributed by atoms with Gasteiger partial charge in [-0.15, -0.1) is 0 Å². The van der Waals surface area contributed by atoms with Crippen molar-refractivity contribution in [3.8, 4) is 0 Å². The van der Waals surface area contributed by atoms with Crippen LogP contribution < -0.4 is 4.90 Å². The molecule has 1 rings (SSSR count). The molecule has 0 radical (unpaired) electrons. The van der Waals surface area contributed by atoms with Crippen LogP contribution in [0.3, 0.4) is 0 Å². The number of anilines is 1. The van der Waals surface area contributed by atoms with Crippen LogP contribution in [0.2, 0.25) is 10.0 Å². The Morgan fingerprint density at radius 2 is 2.00 bits per heavy atom. The number of carboxylic acids is 1. The van der Waals surface area contributed by atoms with Crippen LogP contribution in [-0.2, 0) is 4.74 Å². The first kappa shape index (κ1) is 15.6. The van der Waals surface area contributed by atoms with Crippen LogP contribution in [0.5, 0.6) is 0 Å². The zero-order valence-electron chi connectivity index (χ0n) is 10.4. The molecule has 1 aromatic carbocycles. The summed E-state index contributed by atoms with van der Waals surface area (Å²) in [5.41, 5.74) is -0.0522. The lowest BCUT2D eigenvalue weighted by Gasteiger charge is -2.23. The van der Waals surface area contributed by atoms with Crippen LogP contribution in [-0.4, -0.2) is 30.8 Å². The minimum absolute atomic E-state index is 0.0143. The highest BCUT2D eigenvalue weighted by molar-refractivity contribution is 6.44. The largest absolute Gasteiger partial charge is 0.478 e. The Labute approximate surface area is 120 Å². The molecule has 0 spiro atoms. The summed E-state index contributed by atoms with van der Waals surface area (Å²) < 4.78 is 4.64. The van der Waals surface area contributed by atoms with Crippen LogP contribution in [0, 0.1) is 0 Å². The molecule has 5 nitrogen and oxygen atoms in total. The van der Waals surface area contributed by atoms with Crippen molar-refractivity contribution >= 4 is 41.0 Å². The first-order chi connectivity index (χ1) is 8.93. The highest BCUT2D eigenvalue weighted by Crippen LogP contribution is 2.36. The van der Waals surface area contributed by atoms with Gasteiger partial charge in [-0.05, 0) is 18.6 Å². The van der Waals surface area contributed by atoms with E-state index in [9.17, 15) is 14.7 Å². The Morgan fingerprint density at radius 3 is 2.47 bits per heavy atom. The molecule has 0 fully saturated rings. The van der Waals surface area contributed by atoms with Crippen molar-refractivity contribution in [1.82, 2.24) is 0 Å². The van der Waals surface area contributed by atoms with Crippen molar-refractivity contribution in [2.75, 3.05) is 18.6 Å². The second kappa shape index (κ2) is 6.63. The van der Waals surface area contributed by atoms with Gasteiger partial charge in [0.15, 0.2) is 0 Å². The number of aromatic carboxylic acids is 1. The number of methoxy groups -OCH3 is 1. The molecule has 19 heavy (non-hydrogen) atoms. The van der Waals surface area contributed by atoms with E-state index in [2.05, 4.69) is 4.74 Å². The zero-order valence-corrected chi connectivity index (χ0v) is 12.0. The Bertz CT molecular complexity index is 505. The van der Waals surface area contributed by atoms with E-state index in [1.807, 2.05) is 6.92 Å². The molecule has 1 N–H and O–H groups in total. The van der Waals surface area contributed by atoms with Crippen molar-refractivity contribution in [3.63, 3.8) is 0 Å². The average molecular weight is 306 g/mol. The van der Waals surface area contributed by atoms with Gasteiger partial charge in [0, 0.05) is 6.54 Å². The molecule has 0 aliphatic rings. The van der Waals surface area contributed by atoms with Gasteiger partial charge in [-0.1, -0.05) is 30.1 Å². The third kappa shape index (κ3) is 3.30. The third-order valence-corrected chi connectivity index (χ3v) is 3.21. The quantitative estimate of drug-likeness (QED) is 0.921. The molecule has 0 atom stereocenters. The van der Waals surface area contributed by atoms with Crippen LogP contribution in [0.1, 0.15) is 23.7 Å². The average Bonchev–Trinajstić information content (AvgIpc) is 2.38. The Kier molecular flexibility index (Phi) is 5.44. The normalized spacial score (nSPS) is 10.1. The van der Waals surface area contributed by atoms with Crippen LogP contribution in [0.15, 0.2) is 12.1 Å². The fourth-order valence-electron chi connectivity index (χ4n) is 1.60. The second-order valence-electron chi connectivity index (χ2n) is 3.68. The van der Waals surface area contributed by atoms with Crippen molar-refractivity contribution in [1.29, 1.82) is 0 Å². The van der Waals surface area contributed by atoms with Gasteiger partial charge in [-0.2, -0.15) is 0 Å². The molecule has 0 bridgehead atoms. The van der Waals surface area contributed by atoms with E-state index >= 15 is 0 Å². The summed E-state index contributed by atoms with van der Waals surface area (Å²) in [6.45, 7) is 2.11. The van der Waals surface area contributed by atoms with E-state index in [-0.39, 0.29) is 27.8 Å². The number of ether oxygens (including phenoxy) is 1. The highest BCUT2D eigenvalue weighted by atomic mass is 35.5. The van der Waals surface area contributed by atoms with E-state index in [0.29, 0.717) is 6.42 Å². The summed E-state index contributed by atoms with van der Waals surface area (Å²) in [4.78, 5) is 24.1. The first-order valence-electron chi connectivity index (χ1n) is 5.50. The fourth-order valence-corrected chi connectivity index (χ4v) is 2.02. The van der Waals surface area contributed by atoms with Crippen molar-refractivity contribution in [2.24, 2.45) is 0 Å². The maximum Gasteiger partial charge on any atom is 0.414 e. The monoisotopic (exact) mass is 305 g/mol. The van der Waals surface area contributed by atoms with E-state index in [1.165, 1.54) is 19.2 Å². The minimum atomic E-state index is -1.20. The Morgan fingerprint density at radius 1 is 1.37 bits per heavy atom. The number of hydrogen-bond donors (Lipinski definition) is 1. The topological polar surface area (TPSA) is 66.8 Å². The molecule has 1 aromatic rings. The molecule has 0 heterocycles. The fraction of sp³-hybridized carbons (Fsp3) is 0.333. The minimum Gasteiger partial charge on any atom is -0.478 e. The number of carboxylic acid groups (broad SMARTS) is 1. The summed E-state index contributed by atoms with van der Waals surface area (Å²) in [5, 5.41) is 9.36. The number of halogens is 2. The molecule has 0 unspecified atom stereocenters. The van der Waals surface area contributed by atoms with Crippen molar-refractivity contribution in [3.05, 3.63) is 27.7 Å². The third-order valence-electron chi connectivity index (χ3n) is 2.41. The summed E-state index contributed by atoms with van der Waals surface area (Å²) in [6, 6.07) is 2.68. The van der Waals surface area contributed by atoms with Crippen molar-refractivity contribution in [2.45, 2.75) is 13.3 Å². The Hall–Kier alpha value is -1.46. The lowest BCUT2D eigenvalue weighted by atomic mass is 10.1. The standard InChI is InChI=1S/C12H13Cl2NO4/c1-3-6-15(12(18)19-2)10-7(11(16)17)4-5-8(13)9(10)14/h4-5H,3,6H2,1-2H3,(H,16,17). The molecular formula is C12H13Cl2NO4. The van der Waals surface area contributed by atoms with Gasteiger partial charge in [0.1, 0.15) is 0 Å². The Balaban J connectivity index is 3.46. The maximum absolute atomic E-state index is 11.7. The molecule has 1 amide bonds. The highest BCUT2D eigenvalue weighted by Gasteiger charge is 2.25. The molecule has 0 saturated heterocycles. The smallest absolute Gasteiger partial charge is 0.414 e. The number of carbonyl (C=O) groups excluding carboxylic acids is 1. The van der Waals surface area contributed by atoms with E-state index in [0.717, 1.165) is 4.90 Å². The molecule has 0 saturated carbocycles. The van der Waals surface area contributed by atoms with E-state index in [1.54, 1.807) is 0 Å². The van der Waals surface area contributed by atoms with E-state index < -0.39 is 12.1 Å². The van der Waals surface area contributed by atoms with Crippen LogP contribution in [0.25, 0.3) is 0 Å². The summed E-state index contributed by atoms with van der Waals surface area (Å²) in [7, 11) is 1.21. The van der Waals surface area contributed by atoms with Gasteiger partial charge < -0.3 is 9.84 Å². The number of benzene rings is 1. The van der Waals surface area contributed by atoms with Gasteiger partial charge in [-0.3, -0.25) is 4.90 Å². The predicted molar refractivity (Wildman–Crippen MR) is 73.5 cm³/mol. The number of rotatable bonds is 4. The SMILES string of the molecule is CCCN(C(=O)OC)c1c(C(=O)O)ccc(Cl)c1Cl. The molecule has 0 aliphatic carbocycles. The van der Waals surface area contributed by atoms with Gasteiger partial charge in [0.25, 0.3) is 0 Å². The van der Waals surface area contributed by atoms with Crippen LogP contribution >= 0.6 is 23.2 Å². The number of carbonyl (C=O) groups is 2. The number of nitrogens with zero attached hydrogens (tertiary/aromatic N) is 1. The van der Waals surface area contributed by atoms with Gasteiger partial charge in [0.2, 0.25) is 0 Å². The summed E-state index contributed by atoms with van der Waals surface area (Å²) >= 11 is 11.9. The molecular weight excluding hydrogens is 293 g/mol. The second-order valence-corrected chi connectivity index (χ2v) is 4.47. The van der Waals surface area contributed by atoms with E-state index in [4.69, 9.17) is 23.2 Å². The van der Waals surface area contributed by atoms with Gasteiger partial charge >= 0.3 is 12.1 Å². The van der Waals surface area contributed by atoms with Gasteiger partial charge in [0.05, 0.1) is 28.4 Å². The van der Waals surface area contributed by atoms with Gasteiger partial charge in [-0.25, -0.2) is 9.59 Å². The lowest BCUT2D eigenvalue weighted by Crippen LogP contribution is -2.33. The lowest BCUT2D eigenvalue weighted by molar-refractivity contribution is 0.0697. The maximum atomic E-state index is 11.7. The number of amides is 1. The van der Waals surface area contributed by atoms with Crippen molar-refractivity contribution < 1.29 is 19.4 Å². The summed E-state index contributed by atoms with van der Waals surface area (Å²) in [5.74, 6) is -1.20. The first-order valence-corrected chi connectivity index (χ1v) is 6.26. The molecule has 7 heteroatoms. The zero-order chi connectivity index (χ0) is 14.6. The van der Waals surface area contributed by atoms with Crippen LogP contribution in [0.4, 0.5) is 10.5 Å². The number of hydrogen-bond acceptors (Lipinski definition) is 3. The molecule has 104 valence electrons.